The third-order valence-corrected chi connectivity index (χ3v) is 6.73. The average Bonchev–Trinajstić information content (AvgIpc) is 3.37. The summed E-state index contributed by atoms with van der Waals surface area (Å²) in [5.41, 5.74) is 3.90. The Labute approximate surface area is 206 Å². The van der Waals surface area contributed by atoms with Gasteiger partial charge in [0.2, 0.25) is 5.82 Å². The number of thioether (sulfide) groups is 1. The Morgan fingerprint density at radius 1 is 1.03 bits per heavy atom. The van der Waals surface area contributed by atoms with Crippen LogP contribution in [-0.2, 0) is 6.54 Å². The summed E-state index contributed by atoms with van der Waals surface area (Å²) in [6.45, 7) is 2.25. The van der Waals surface area contributed by atoms with Crippen LogP contribution in [0.25, 0.3) is 17.0 Å². The van der Waals surface area contributed by atoms with Gasteiger partial charge in [-0.15, -0.1) is 11.8 Å². The van der Waals surface area contributed by atoms with Crippen LogP contribution < -0.4 is 5.32 Å². The number of amides is 2. The van der Waals surface area contributed by atoms with Crippen molar-refractivity contribution in [1.29, 1.82) is 0 Å². The van der Waals surface area contributed by atoms with Gasteiger partial charge >= 0.3 is 6.03 Å². The quantitative estimate of drug-likeness (QED) is 0.324. The minimum absolute atomic E-state index is 0.253. The fourth-order valence-corrected chi connectivity index (χ4v) is 4.52. The van der Waals surface area contributed by atoms with Gasteiger partial charge in [-0.05, 0) is 60.7 Å². The molecule has 0 bridgehead atoms. The van der Waals surface area contributed by atoms with Crippen molar-refractivity contribution >= 4 is 23.4 Å². The van der Waals surface area contributed by atoms with Crippen molar-refractivity contribution in [3.63, 3.8) is 0 Å². The lowest BCUT2D eigenvalue weighted by atomic mass is 9.94. The van der Waals surface area contributed by atoms with Crippen LogP contribution in [0.2, 0.25) is 0 Å². The van der Waals surface area contributed by atoms with Crippen LogP contribution in [0.15, 0.2) is 94.0 Å². The van der Waals surface area contributed by atoms with Crippen molar-refractivity contribution in [3.05, 3.63) is 107 Å². The molecule has 4 aromatic rings. The third-order valence-electron chi connectivity index (χ3n) is 5.99. The highest BCUT2D eigenvalue weighted by molar-refractivity contribution is 7.98. The molecule has 1 aromatic heterocycles. The normalized spacial score (nSPS) is 15.9. The van der Waals surface area contributed by atoms with E-state index in [0.717, 1.165) is 21.6 Å². The van der Waals surface area contributed by atoms with Gasteiger partial charge in [0, 0.05) is 16.2 Å². The molecule has 0 spiro atoms. The summed E-state index contributed by atoms with van der Waals surface area (Å²) in [4.78, 5) is 20.6. The number of hydrogen-bond donors (Lipinski definition) is 1. The van der Waals surface area contributed by atoms with Crippen molar-refractivity contribution in [2.75, 3.05) is 6.26 Å². The smallest absolute Gasteiger partial charge is 0.322 e. The van der Waals surface area contributed by atoms with E-state index in [0.29, 0.717) is 29.5 Å². The van der Waals surface area contributed by atoms with Gasteiger partial charge in [-0.1, -0.05) is 47.6 Å². The highest BCUT2D eigenvalue weighted by Crippen LogP contribution is 2.38. The van der Waals surface area contributed by atoms with Crippen molar-refractivity contribution in [2.24, 2.45) is 0 Å². The first-order valence-electron chi connectivity index (χ1n) is 11.1. The molecule has 0 radical (unpaired) electrons. The van der Waals surface area contributed by atoms with Crippen LogP contribution in [0.1, 0.15) is 30.0 Å². The molecule has 8 heteroatoms. The van der Waals surface area contributed by atoms with E-state index in [9.17, 15) is 9.18 Å². The lowest BCUT2D eigenvalue weighted by Crippen LogP contribution is -2.45. The monoisotopic (exact) mass is 486 g/mol. The number of aromatic nitrogens is 2. The van der Waals surface area contributed by atoms with E-state index in [1.54, 1.807) is 28.8 Å². The second-order valence-electron chi connectivity index (χ2n) is 8.16. The van der Waals surface area contributed by atoms with Gasteiger partial charge in [-0.3, -0.25) is 4.90 Å². The minimum Gasteiger partial charge on any atom is -0.334 e. The number of nitrogens with zero attached hydrogens (tertiary/aromatic N) is 3. The molecule has 6 nitrogen and oxygen atoms in total. The molecule has 1 unspecified atom stereocenters. The summed E-state index contributed by atoms with van der Waals surface area (Å²) in [6, 6.07) is 22.9. The number of carbonyl (C=O) groups excluding carboxylic acids is 1. The number of halogens is 1. The molecule has 5 rings (SSSR count). The Balaban J connectivity index is 1.57. The van der Waals surface area contributed by atoms with E-state index in [-0.39, 0.29) is 11.8 Å². The second-order valence-corrected chi connectivity index (χ2v) is 9.04. The van der Waals surface area contributed by atoms with E-state index >= 15 is 0 Å². The van der Waals surface area contributed by atoms with Crippen LogP contribution in [-0.4, -0.2) is 27.3 Å². The minimum atomic E-state index is -0.567. The SMILES string of the molecule is CSc1ccc(-c2noc(C3=C(C)N(Cc4ccccc4)C(=O)NC3c3ccc(F)cc3)n2)cc1. The maximum absolute atomic E-state index is 13.6. The molecule has 176 valence electrons. The van der Waals surface area contributed by atoms with Crippen LogP contribution in [0.3, 0.4) is 0 Å². The number of urea groups is 1. The van der Waals surface area contributed by atoms with Crippen molar-refractivity contribution in [2.45, 2.75) is 24.4 Å². The summed E-state index contributed by atoms with van der Waals surface area (Å²) in [5, 5.41) is 7.25. The first-order chi connectivity index (χ1) is 17.0. The third kappa shape index (κ3) is 4.70. The van der Waals surface area contributed by atoms with Gasteiger partial charge in [0.15, 0.2) is 0 Å². The Kier molecular flexibility index (Phi) is 6.37. The predicted molar refractivity (Wildman–Crippen MR) is 134 cm³/mol. The first-order valence-corrected chi connectivity index (χ1v) is 12.3. The lowest BCUT2D eigenvalue weighted by molar-refractivity contribution is 0.203. The average molecular weight is 487 g/mol. The molecule has 0 saturated heterocycles. The molecule has 2 amide bonds. The zero-order chi connectivity index (χ0) is 24.4. The molecule has 1 N–H and O–H groups in total. The highest BCUT2D eigenvalue weighted by Gasteiger charge is 2.35. The maximum Gasteiger partial charge on any atom is 0.322 e. The number of carbonyl (C=O) groups is 1. The van der Waals surface area contributed by atoms with Gasteiger partial charge in [0.05, 0.1) is 18.2 Å². The van der Waals surface area contributed by atoms with Crippen LogP contribution in [0.4, 0.5) is 9.18 Å². The molecular formula is C27H23FN4O2S. The highest BCUT2D eigenvalue weighted by atomic mass is 32.2. The van der Waals surface area contributed by atoms with Crippen molar-refractivity contribution in [3.8, 4) is 11.4 Å². The Morgan fingerprint density at radius 2 is 1.74 bits per heavy atom. The van der Waals surface area contributed by atoms with E-state index in [1.807, 2.05) is 67.8 Å². The van der Waals surface area contributed by atoms with Crippen molar-refractivity contribution < 1.29 is 13.7 Å². The largest absolute Gasteiger partial charge is 0.334 e. The maximum atomic E-state index is 13.6. The standard InChI is InChI=1S/C27H23FN4O2S/c1-17-23(26-30-25(31-34-26)20-10-14-22(35-2)15-11-20)24(19-8-12-21(28)13-9-19)29-27(33)32(17)16-18-6-4-3-5-7-18/h3-15,24H,16H2,1-2H3,(H,29,33). The number of rotatable bonds is 6. The van der Waals surface area contributed by atoms with E-state index in [2.05, 4.69) is 15.5 Å². The Bertz CT molecular complexity index is 1370. The molecule has 0 saturated carbocycles. The lowest BCUT2D eigenvalue weighted by Gasteiger charge is -2.35. The second kappa shape index (κ2) is 9.76. The molecule has 35 heavy (non-hydrogen) atoms. The molecule has 0 fully saturated rings. The van der Waals surface area contributed by atoms with Gasteiger partial charge in [0.1, 0.15) is 5.82 Å². The topological polar surface area (TPSA) is 71.3 Å². The number of hydrogen-bond acceptors (Lipinski definition) is 5. The number of nitrogens with one attached hydrogen (secondary N) is 1. The summed E-state index contributed by atoms with van der Waals surface area (Å²) in [5.74, 6) is 0.411. The van der Waals surface area contributed by atoms with Gasteiger partial charge < -0.3 is 9.84 Å². The Hall–Kier alpha value is -3.91. The molecule has 2 heterocycles. The number of allylic oxidation sites excluding steroid dienone is 1. The fourth-order valence-electron chi connectivity index (χ4n) is 4.11. The summed E-state index contributed by atoms with van der Waals surface area (Å²) in [6.07, 6.45) is 2.02. The molecule has 1 atom stereocenters. The zero-order valence-electron chi connectivity index (χ0n) is 19.2. The van der Waals surface area contributed by atoms with E-state index in [1.165, 1.54) is 12.1 Å². The molecule has 1 aliphatic heterocycles. The Morgan fingerprint density at radius 3 is 2.43 bits per heavy atom. The van der Waals surface area contributed by atoms with Gasteiger partial charge in [-0.25, -0.2) is 9.18 Å². The number of benzene rings is 3. The van der Waals surface area contributed by atoms with Gasteiger partial charge in [0.25, 0.3) is 5.89 Å². The summed E-state index contributed by atoms with van der Waals surface area (Å²) >= 11 is 1.66. The fraction of sp³-hybridized carbons (Fsp3) is 0.148. The summed E-state index contributed by atoms with van der Waals surface area (Å²) < 4.78 is 19.3. The predicted octanol–water partition coefficient (Wildman–Crippen LogP) is 6.30. The molecule has 3 aromatic carbocycles. The van der Waals surface area contributed by atoms with Crippen LogP contribution >= 0.6 is 11.8 Å². The van der Waals surface area contributed by atoms with Gasteiger partial charge in [-0.2, -0.15) is 4.98 Å². The molecule has 0 aliphatic carbocycles. The van der Waals surface area contributed by atoms with Crippen molar-refractivity contribution in [1.82, 2.24) is 20.4 Å². The van der Waals surface area contributed by atoms with E-state index < -0.39 is 6.04 Å². The van der Waals surface area contributed by atoms with Crippen LogP contribution in [0.5, 0.6) is 0 Å². The molecular weight excluding hydrogens is 463 g/mol. The molecule has 1 aliphatic rings. The van der Waals surface area contributed by atoms with Crippen LogP contribution in [0, 0.1) is 5.82 Å². The first kappa shape index (κ1) is 22.9. The summed E-state index contributed by atoms with van der Waals surface area (Å²) in [7, 11) is 0. The van der Waals surface area contributed by atoms with E-state index in [4.69, 9.17) is 4.52 Å². The zero-order valence-corrected chi connectivity index (χ0v) is 20.1.